The van der Waals surface area contributed by atoms with E-state index in [0.29, 0.717) is 36.0 Å². The van der Waals surface area contributed by atoms with Gasteiger partial charge in [-0.15, -0.1) is 0 Å². The summed E-state index contributed by atoms with van der Waals surface area (Å²) in [5.41, 5.74) is 0.689. The van der Waals surface area contributed by atoms with E-state index in [9.17, 15) is 10.1 Å². The number of nitriles is 1. The zero-order valence-electron chi connectivity index (χ0n) is 15.7. The lowest BCUT2D eigenvalue weighted by molar-refractivity contribution is -0.117. The molecule has 1 N–H and O–H groups in total. The van der Waals surface area contributed by atoms with E-state index in [1.54, 1.807) is 30.3 Å². The Hall–Kier alpha value is -3.20. The number of carbonyl (C=O) groups is 1. The van der Waals surface area contributed by atoms with Gasteiger partial charge in [-0.2, -0.15) is 5.26 Å². The van der Waals surface area contributed by atoms with E-state index in [4.69, 9.17) is 13.9 Å². The number of furan rings is 1. The fourth-order valence-electron chi connectivity index (χ4n) is 2.32. The van der Waals surface area contributed by atoms with Crippen molar-refractivity contribution in [3.8, 4) is 17.6 Å². The number of amides is 1. The lowest BCUT2D eigenvalue weighted by Crippen LogP contribution is -2.23. The van der Waals surface area contributed by atoms with Crippen LogP contribution in [0.15, 0.2) is 46.6 Å². The van der Waals surface area contributed by atoms with Gasteiger partial charge < -0.3 is 19.2 Å². The summed E-state index contributed by atoms with van der Waals surface area (Å²) in [7, 11) is 0. The molecule has 0 spiro atoms. The van der Waals surface area contributed by atoms with Crippen LogP contribution in [0.4, 0.5) is 0 Å². The van der Waals surface area contributed by atoms with Crippen LogP contribution in [0.25, 0.3) is 6.08 Å². The first-order valence-electron chi connectivity index (χ1n) is 9.00. The largest absolute Gasteiger partial charge is 0.490 e. The SMILES string of the molecule is CCCCOc1ccc(/C=C(\C#N)C(=O)NCc2ccco2)cc1OCC. The molecule has 0 radical (unpaired) electrons. The zero-order valence-corrected chi connectivity index (χ0v) is 15.7. The van der Waals surface area contributed by atoms with Gasteiger partial charge in [-0.05, 0) is 49.2 Å². The first kappa shape index (κ1) is 20.1. The second kappa shape index (κ2) is 10.7. The molecule has 0 unspecified atom stereocenters. The van der Waals surface area contributed by atoms with Crippen molar-refractivity contribution in [3.05, 3.63) is 53.5 Å². The Morgan fingerprint density at radius 3 is 2.78 bits per heavy atom. The van der Waals surface area contributed by atoms with E-state index in [2.05, 4.69) is 12.2 Å². The number of benzene rings is 1. The third-order valence-corrected chi connectivity index (χ3v) is 3.70. The van der Waals surface area contributed by atoms with Crippen molar-refractivity contribution in [2.45, 2.75) is 33.2 Å². The Morgan fingerprint density at radius 2 is 2.11 bits per heavy atom. The molecule has 1 aromatic heterocycles. The predicted octanol–water partition coefficient (Wildman–Crippen LogP) is 4.08. The van der Waals surface area contributed by atoms with Gasteiger partial charge in [0.2, 0.25) is 0 Å². The molecule has 6 nitrogen and oxygen atoms in total. The van der Waals surface area contributed by atoms with Gasteiger partial charge >= 0.3 is 0 Å². The Kier molecular flexibility index (Phi) is 7.98. The van der Waals surface area contributed by atoms with E-state index in [1.165, 1.54) is 12.3 Å². The number of rotatable bonds is 10. The molecule has 0 saturated carbocycles. The molecule has 2 rings (SSSR count). The van der Waals surface area contributed by atoms with Crippen LogP contribution >= 0.6 is 0 Å². The number of carbonyl (C=O) groups excluding carboxylic acids is 1. The Bertz CT molecular complexity index is 804. The Morgan fingerprint density at radius 1 is 1.26 bits per heavy atom. The number of hydrogen-bond donors (Lipinski definition) is 1. The van der Waals surface area contributed by atoms with Crippen molar-refractivity contribution < 1.29 is 18.7 Å². The third kappa shape index (κ3) is 6.23. The van der Waals surface area contributed by atoms with Crippen molar-refractivity contribution >= 4 is 12.0 Å². The monoisotopic (exact) mass is 368 g/mol. The molecular formula is C21H24N2O4. The van der Waals surface area contributed by atoms with Crippen LogP contribution in [-0.4, -0.2) is 19.1 Å². The molecule has 0 aliphatic rings. The van der Waals surface area contributed by atoms with Crippen LogP contribution in [0.3, 0.4) is 0 Å². The molecule has 2 aromatic rings. The fraction of sp³-hybridized carbons (Fsp3) is 0.333. The summed E-state index contributed by atoms with van der Waals surface area (Å²) < 4.78 is 16.5. The quantitative estimate of drug-likeness (QED) is 0.388. The molecule has 0 bridgehead atoms. The minimum absolute atomic E-state index is 0.00339. The van der Waals surface area contributed by atoms with E-state index in [0.717, 1.165) is 12.8 Å². The van der Waals surface area contributed by atoms with Crippen LogP contribution in [0.5, 0.6) is 11.5 Å². The minimum Gasteiger partial charge on any atom is -0.490 e. The molecule has 0 aliphatic carbocycles. The summed E-state index contributed by atoms with van der Waals surface area (Å²) in [6.45, 7) is 5.32. The van der Waals surface area contributed by atoms with Crippen LogP contribution < -0.4 is 14.8 Å². The van der Waals surface area contributed by atoms with Gasteiger partial charge in [0.15, 0.2) is 11.5 Å². The molecule has 1 amide bonds. The topological polar surface area (TPSA) is 84.5 Å². The van der Waals surface area contributed by atoms with Gasteiger partial charge in [0, 0.05) is 0 Å². The van der Waals surface area contributed by atoms with Gasteiger partial charge in [-0.3, -0.25) is 4.79 Å². The highest BCUT2D eigenvalue weighted by molar-refractivity contribution is 6.01. The minimum atomic E-state index is -0.463. The van der Waals surface area contributed by atoms with Gasteiger partial charge in [-0.25, -0.2) is 0 Å². The molecule has 27 heavy (non-hydrogen) atoms. The fourth-order valence-corrected chi connectivity index (χ4v) is 2.32. The smallest absolute Gasteiger partial charge is 0.262 e. The van der Waals surface area contributed by atoms with Crippen LogP contribution in [0, 0.1) is 11.3 Å². The molecule has 0 aliphatic heterocycles. The van der Waals surface area contributed by atoms with Gasteiger partial charge in [0.1, 0.15) is 17.4 Å². The summed E-state index contributed by atoms with van der Waals surface area (Å²) in [6, 6.07) is 10.8. The maximum atomic E-state index is 12.2. The predicted molar refractivity (Wildman–Crippen MR) is 102 cm³/mol. The van der Waals surface area contributed by atoms with Crippen molar-refractivity contribution in [2.75, 3.05) is 13.2 Å². The normalized spacial score (nSPS) is 10.9. The van der Waals surface area contributed by atoms with Gasteiger partial charge in [0.25, 0.3) is 5.91 Å². The summed E-state index contributed by atoms with van der Waals surface area (Å²) in [6.07, 6.45) is 5.06. The first-order valence-corrected chi connectivity index (χ1v) is 9.00. The molecular weight excluding hydrogens is 344 g/mol. The lowest BCUT2D eigenvalue weighted by Gasteiger charge is -2.12. The second-order valence-electron chi connectivity index (χ2n) is 5.77. The number of nitrogens with one attached hydrogen (secondary N) is 1. The average molecular weight is 368 g/mol. The van der Waals surface area contributed by atoms with Crippen molar-refractivity contribution in [1.82, 2.24) is 5.32 Å². The number of nitrogens with zero attached hydrogens (tertiary/aromatic N) is 1. The highest BCUT2D eigenvalue weighted by Gasteiger charge is 2.11. The summed E-state index contributed by atoms with van der Waals surface area (Å²) in [5.74, 6) is 1.40. The molecule has 0 fully saturated rings. The summed E-state index contributed by atoms with van der Waals surface area (Å²) in [4.78, 5) is 12.2. The standard InChI is InChI=1S/C21H24N2O4/c1-3-5-10-27-19-9-8-16(13-20(19)25-4-2)12-17(14-22)21(24)23-15-18-7-6-11-26-18/h6-9,11-13H,3-5,10,15H2,1-2H3,(H,23,24)/b17-12+. The highest BCUT2D eigenvalue weighted by Crippen LogP contribution is 2.29. The molecule has 1 aromatic carbocycles. The second-order valence-corrected chi connectivity index (χ2v) is 5.77. The highest BCUT2D eigenvalue weighted by atomic mass is 16.5. The molecule has 0 atom stereocenters. The molecule has 142 valence electrons. The zero-order chi connectivity index (χ0) is 19.5. The van der Waals surface area contributed by atoms with Gasteiger partial charge in [-0.1, -0.05) is 19.4 Å². The number of ether oxygens (including phenoxy) is 2. The van der Waals surface area contributed by atoms with Crippen LogP contribution in [0.1, 0.15) is 38.0 Å². The molecule has 0 saturated heterocycles. The van der Waals surface area contributed by atoms with Crippen LogP contribution in [0.2, 0.25) is 0 Å². The molecule has 1 heterocycles. The van der Waals surface area contributed by atoms with Gasteiger partial charge in [0.05, 0.1) is 26.0 Å². The number of unbranched alkanes of at least 4 members (excludes halogenated alkanes) is 1. The van der Waals surface area contributed by atoms with E-state index in [-0.39, 0.29) is 12.1 Å². The van der Waals surface area contributed by atoms with Crippen molar-refractivity contribution in [1.29, 1.82) is 5.26 Å². The summed E-state index contributed by atoms with van der Waals surface area (Å²) in [5, 5.41) is 12.0. The average Bonchev–Trinajstić information content (AvgIpc) is 3.19. The Balaban J connectivity index is 2.12. The maximum Gasteiger partial charge on any atom is 0.262 e. The van der Waals surface area contributed by atoms with E-state index < -0.39 is 5.91 Å². The third-order valence-electron chi connectivity index (χ3n) is 3.70. The maximum absolute atomic E-state index is 12.2. The lowest BCUT2D eigenvalue weighted by atomic mass is 10.1. The van der Waals surface area contributed by atoms with E-state index in [1.807, 2.05) is 13.0 Å². The molecule has 6 heteroatoms. The van der Waals surface area contributed by atoms with Crippen molar-refractivity contribution in [2.24, 2.45) is 0 Å². The number of hydrogen-bond acceptors (Lipinski definition) is 5. The van der Waals surface area contributed by atoms with Crippen molar-refractivity contribution in [3.63, 3.8) is 0 Å². The van der Waals surface area contributed by atoms with E-state index >= 15 is 0 Å². The Labute approximate surface area is 159 Å². The van der Waals surface area contributed by atoms with Crippen LogP contribution in [-0.2, 0) is 11.3 Å². The summed E-state index contributed by atoms with van der Waals surface area (Å²) >= 11 is 0. The first-order chi connectivity index (χ1) is 13.2.